The lowest BCUT2D eigenvalue weighted by Crippen LogP contribution is -2.03. The number of benzene rings is 4. The minimum atomic E-state index is -4.24. The van der Waals surface area contributed by atoms with Gasteiger partial charge in [0.2, 0.25) is 0 Å². The first-order valence-electron chi connectivity index (χ1n) is 8.73. The summed E-state index contributed by atoms with van der Waals surface area (Å²) in [5.41, 5.74) is 4.47. The Kier molecular flexibility index (Phi) is 4.67. The first kappa shape index (κ1) is 17.7. The Hall–Kier alpha value is -2.71. The van der Waals surface area contributed by atoms with Crippen molar-refractivity contribution in [1.29, 1.82) is 0 Å². The van der Waals surface area contributed by atoms with Crippen LogP contribution in [-0.2, 0) is 11.0 Å². The number of rotatable bonds is 4. The van der Waals surface area contributed by atoms with Crippen LogP contribution >= 0.6 is 7.60 Å². The highest BCUT2D eigenvalue weighted by Crippen LogP contribution is 2.36. The van der Waals surface area contributed by atoms with E-state index in [-0.39, 0.29) is 5.30 Å². The normalized spacial score (nSPS) is 11.6. The van der Waals surface area contributed by atoms with Gasteiger partial charge in [0.1, 0.15) is 0 Å². The van der Waals surface area contributed by atoms with Gasteiger partial charge < -0.3 is 9.79 Å². The Labute approximate surface area is 158 Å². The van der Waals surface area contributed by atoms with Gasteiger partial charge in [-0.15, -0.1) is 0 Å². The highest BCUT2D eigenvalue weighted by molar-refractivity contribution is 7.60. The van der Waals surface area contributed by atoms with Crippen molar-refractivity contribution in [2.45, 2.75) is 6.42 Å². The Balaban J connectivity index is 1.88. The zero-order chi connectivity index (χ0) is 18.9. The highest BCUT2D eigenvalue weighted by atomic mass is 31.2. The van der Waals surface area contributed by atoms with Gasteiger partial charge in [-0.05, 0) is 51.6 Å². The summed E-state index contributed by atoms with van der Waals surface area (Å²) in [5.74, 6) is 0. The van der Waals surface area contributed by atoms with E-state index in [1.54, 1.807) is 12.1 Å². The molecule has 27 heavy (non-hydrogen) atoms. The van der Waals surface area contributed by atoms with E-state index in [4.69, 9.17) is 0 Å². The maximum absolute atomic E-state index is 11.5. The zero-order valence-corrected chi connectivity index (χ0v) is 15.5. The lowest BCUT2D eigenvalue weighted by molar-refractivity contribution is 0.387. The van der Waals surface area contributed by atoms with Crippen molar-refractivity contribution in [2.24, 2.45) is 0 Å². The molecule has 0 aromatic heterocycles. The molecule has 0 aliphatic heterocycles. The van der Waals surface area contributed by atoms with Crippen molar-refractivity contribution in [3.8, 4) is 11.1 Å². The SMILES string of the molecule is O=P(O)(O)c1ccc(-c2c(Cc3ccccc3)ccc3ccccc23)cc1. The van der Waals surface area contributed by atoms with E-state index in [1.165, 1.54) is 23.3 Å². The van der Waals surface area contributed by atoms with Gasteiger partial charge in [-0.3, -0.25) is 4.57 Å². The van der Waals surface area contributed by atoms with E-state index < -0.39 is 7.60 Å². The van der Waals surface area contributed by atoms with Gasteiger partial charge in [0, 0.05) is 0 Å². The molecule has 0 heterocycles. The third-order valence-corrected chi connectivity index (χ3v) is 5.72. The molecule has 2 N–H and O–H groups in total. The first-order valence-corrected chi connectivity index (χ1v) is 10.3. The Bertz CT molecular complexity index is 1130. The van der Waals surface area contributed by atoms with Crippen LogP contribution in [-0.4, -0.2) is 9.79 Å². The second-order valence-electron chi connectivity index (χ2n) is 6.57. The van der Waals surface area contributed by atoms with Crippen LogP contribution < -0.4 is 5.30 Å². The molecule has 4 heteroatoms. The highest BCUT2D eigenvalue weighted by Gasteiger charge is 2.17. The topological polar surface area (TPSA) is 57.5 Å². The van der Waals surface area contributed by atoms with Crippen LogP contribution in [0.15, 0.2) is 91.0 Å². The molecule has 0 aliphatic rings. The second-order valence-corrected chi connectivity index (χ2v) is 8.18. The first-order chi connectivity index (χ1) is 13.0. The van der Waals surface area contributed by atoms with Crippen LogP contribution in [0.3, 0.4) is 0 Å². The van der Waals surface area contributed by atoms with Gasteiger partial charge in [0.25, 0.3) is 0 Å². The van der Waals surface area contributed by atoms with Crippen molar-refractivity contribution >= 4 is 23.7 Å². The molecule has 0 amide bonds. The maximum atomic E-state index is 11.5. The lowest BCUT2D eigenvalue weighted by Gasteiger charge is -2.15. The molecule has 0 spiro atoms. The summed E-state index contributed by atoms with van der Waals surface area (Å²) in [6.07, 6.45) is 0.793. The van der Waals surface area contributed by atoms with Crippen LogP contribution in [0.5, 0.6) is 0 Å². The summed E-state index contributed by atoms with van der Waals surface area (Å²) in [7, 11) is -4.24. The number of hydrogen-bond donors (Lipinski definition) is 2. The van der Waals surface area contributed by atoms with Crippen molar-refractivity contribution in [1.82, 2.24) is 0 Å². The molecule has 4 rings (SSSR count). The van der Waals surface area contributed by atoms with Gasteiger partial charge in [-0.25, -0.2) is 0 Å². The molecule has 3 nitrogen and oxygen atoms in total. The molecule has 0 unspecified atom stereocenters. The van der Waals surface area contributed by atoms with Crippen LogP contribution in [0.4, 0.5) is 0 Å². The molecule has 4 aromatic carbocycles. The van der Waals surface area contributed by atoms with Crippen molar-refractivity contribution in [3.63, 3.8) is 0 Å². The van der Waals surface area contributed by atoms with E-state index in [0.29, 0.717) is 0 Å². The van der Waals surface area contributed by atoms with Gasteiger partial charge in [-0.1, -0.05) is 78.9 Å². The second kappa shape index (κ2) is 7.13. The molecule has 0 radical (unpaired) electrons. The fourth-order valence-electron chi connectivity index (χ4n) is 3.44. The van der Waals surface area contributed by atoms with Gasteiger partial charge in [-0.2, -0.15) is 0 Å². The predicted octanol–water partition coefficient (Wildman–Crippen LogP) is 4.90. The summed E-state index contributed by atoms with van der Waals surface area (Å²) in [6.45, 7) is 0. The van der Waals surface area contributed by atoms with Crippen molar-refractivity contribution in [3.05, 3.63) is 102 Å². The summed E-state index contributed by atoms with van der Waals surface area (Å²) in [5, 5.41) is 2.31. The molecule has 4 aromatic rings. The summed E-state index contributed by atoms with van der Waals surface area (Å²) in [6, 6.07) is 29.4. The molecular weight excluding hydrogens is 355 g/mol. The lowest BCUT2D eigenvalue weighted by atomic mass is 9.90. The minimum absolute atomic E-state index is 0.0381. The standard InChI is InChI=1S/C23H19O3P/c24-27(25,26)21-14-12-19(13-15-21)23-20(16-17-6-2-1-3-7-17)11-10-18-8-4-5-9-22(18)23/h1-15H,16H2,(H2,24,25,26). The molecule has 0 saturated carbocycles. The third kappa shape index (κ3) is 3.72. The van der Waals surface area contributed by atoms with E-state index in [0.717, 1.165) is 28.3 Å². The molecule has 0 fully saturated rings. The van der Waals surface area contributed by atoms with E-state index in [9.17, 15) is 14.4 Å². The Morgan fingerprint density at radius 3 is 2.07 bits per heavy atom. The minimum Gasteiger partial charge on any atom is -0.321 e. The molecule has 0 saturated heterocycles. The van der Waals surface area contributed by atoms with E-state index in [1.807, 2.05) is 30.3 Å². The van der Waals surface area contributed by atoms with Crippen LogP contribution in [0, 0.1) is 0 Å². The smallest absolute Gasteiger partial charge is 0.321 e. The molecule has 0 atom stereocenters. The van der Waals surface area contributed by atoms with Crippen LogP contribution in [0.25, 0.3) is 21.9 Å². The summed E-state index contributed by atoms with van der Waals surface area (Å²) < 4.78 is 11.5. The maximum Gasteiger partial charge on any atom is 0.356 e. The van der Waals surface area contributed by atoms with E-state index >= 15 is 0 Å². The largest absolute Gasteiger partial charge is 0.356 e. The van der Waals surface area contributed by atoms with Crippen molar-refractivity contribution in [2.75, 3.05) is 0 Å². The third-order valence-electron chi connectivity index (χ3n) is 4.75. The fraction of sp³-hybridized carbons (Fsp3) is 0.0435. The van der Waals surface area contributed by atoms with Gasteiger partial charge in [0.05, 0.1) is 5.30 Å². The quantitative estimate of drug-likeness (QED) is 0.500. The van der Waals surface area contributed by atoms with Gasteiger partial charge in [0.15, 0.2) is 0 Å². The van der Waals surface area contributed by atoms with Crippen molar-refractivity contribution < 1.29 is 14.4 Å². The summed E-state index contributed by atoms with van der Waals surface area (Å²) >= 11 is 0. The number of hydrogen-bond acceptors (Lipinski definition) is 1. The molecule has 134 valence electrons. The average molecular weight is 374 g/mol. The van der Waals surface area contributed by atoms with Gasteiger partial charge >= 0.3 is 7.60 Å². The van der Waals surface area contributed by atoms with Crippen LogP contribution in [0.2, 0.25) is 0 Å². The number of fused-ring (bicyclic) bond motifs is 1. The fourth-order valence-corrected chi connectivity index (χ4v) is 3.98. The monoisotopic (exact) mass is 374 g/mol. The zero-order valence-electron chi connectivity index (χ0n) is 14.6. The predicted molar refractivity (Wildman–Crippen MR) is 110 cm³/mol. The van der Waals surface area contributed by atoms with E-state index in [2.05, 4.69) is 36.4 Å². The Morgan fingerprint density at radius 2 is 1.37 bits per heavy atom. The Morgan fingerprint density at radius 1 is 0.704 bits per heavy atom. The molecule has 0 aliphatic carbocycles. The molecule has 0 bridgehead atoms. The summed E-state index contributed by atoms with van der Waals surface area (Å²) in [4.78, 5) is 18.8. The van der Waals surface area contributed by atoms with Crippen LogP contribution in [0.1, 0.15) is 11.1 Å². The molecular formula is C23H19O3P. The average Bonchev–Trinajstić information content (AvgIpc) is 2.68.